The third-order valence-corrected chi connectivity index (χ3v) is 2.56. The molecule has 6 heteroatoms. The molecule has 0 N–H and O–H groups in total. The van der Waals surface area contributed by atoms with Crippen molar-refractivity contribution in [3.8, 4) is 0 Å². The number of hydrogen-bond donors (Lipinski definition) is 0. The van der Waals surface area contributed by atoms with Crippen molar-refractivity contribution in [2.24, 2.45) is 5.92 Å². The molecule has 1 aromatic heterocycles. The molecule has 1 heterocycles. The highest BCUT2D eigenvalue weighted by Crippen LogP contribution is 2.29. The van der Waals surface area contributed by atoms with Gasteiger partial charge in [-0.1, -0.05) is 0 Å². The van der Waals surface area contributed by atoms with Gasteiger partial charge in [-0.15, -0.1) is 0 Å². The lowest BCUT2D eigenvalue weighted by Crippen LogP contribution is -2.28. The zero-order chi connectivity index (χ0) is 11.7. The minimum atomic E-state index is -0.655. The lowest BCUT2D eigenvalue weighted by Gasteiger charge is -2.14. The number of nitrogens with zero attached hydrogens (tertiary/aromatic N) is 2. The highest BCUT2D eigenvalue weighted by atomic mass is 16.6. The summed E-state index contributed by atoms with van der Waals surface area (Å²) in [5.41, 5.74) is 0. The van der Waals surface area contributed by atoms with Crippen LogP contribution in [0.4, 0.5) is 5.88 Å². The lowest BCUT2D eigenvalue weighted by molar-refractivity contribution is -0.402. The maximum atomic E-state index is 11.8. The number of nitro groups is 1. The van der Waals surface area contributed by atoms with E-state index in [-0.39, 0.29) is 11.7 Å². The Balaban J connectivity index is 2.03. The number of amides is 1. The highest BCUT2D eigenvalue weighted by molar-refractivity contribution is 5.91. The van der Waals surface area contributed by atoms with Crippen LogP contribution in [-0.2, 0) is 0 Å². The van der Waals surface area contributed by atoms with E-state index in [1.165, 1.54) is 12.1 Å². The molecule has 1 fully saturated rings. The molecule has 1 aliphatic carbocycles. The van der Waals surface area contributed by atoms with Gasteiger partial charge in [-0.25, -0.2) is 0 Å². The van der Waals surface area contributed by atoms with Gasteiger partial charge >= 0.3 is 5.88 Å². The Hall–Kier alpha value is -1.85. The fraction of sp³-hybridized carbons (Fsp3) is 0.500. The SMILES string of the molecule is CN(CC1CC1)C(=O)c1ccc([N+](=O)[O-])o1. The first-order valence-electron chi connectivity index (χ1n) is 5.07. The minimum Gasteiger partial charge on any atom is -0.395 e. The number of furan rings is 1. The zero-order valence-electron chi connectivity index (χ0n) is 8.88. The maximum absolute atomic E-state index is 11.8. The van der Waals surface area contributed by atoms with Gasteiger partial charge in [0.05, 0.1) is 6.07 Å². The molecule has 1 amide bonds. The molecule has 0 spiro atoms. The van der Waals surface area contributed by atoms with Gasteiger partial charge in [0, 0.05) is 13.6 Å². The lowest BCUT2D eigenvalue weighted by atomic mass is 10.3. The Kier molecular flexibility index (Phi) is 2.64. The molecule has 86 valence electrons. The molecular weight excluding hydrogens is 212 g/mol. The first-order chi connectivity index (χ1) is 7.58. The van der Waals surface area contributed by atoms with Crippen LogP contribution in [0.5, 0.6) is 0 Å². The Morgan fingerprint density at radius 3 is 2.81 bits per heavy atom. The summed E-state index contributed by atoms with van der Waals surface area (Å²) in [6.45, 7) is 0.688. The van der Waals surface area contributed by atoms with E-state index in [0.717, 1.165) is 12.8 Å². The second kappa shape index (κ2) is 3.96. The largest absolute Gasteiger partial charge is 0.433 e. The molecule has 0 bridgehead atoms. The molecular formula is C10H12N2O4. The van der Waals surface area contributed by atoms with Crippen LogP contribution in [0.2, 0.25) is 0 Å². The Morgan fingerprint density at radius 1 is 1.62 bits per heavy atom. The smallest absolute Gasteiger partial charge is 0.395 e. The summed E-state index contributed by atoms with van der Waals surface area (Å²) < 4.78 is 4.84. The minimum absolute atomic E-state index is 0.0230. The summed E-state index contributed by atoms with van der Waals surface area (Å²) in [4.78, 5) is 23.0. The Labute approximate surface area is 92.0 Å². The average Bonchev–Trinajstić information content (AvgIpc) is 2.91. The molecule has 0 atom stereocenters. The number of rotatable bonds is 4. The molecule has 1 aromatic rings. The molecule has 0 radical (unpaired) electrons. The number of carbonyl (C=O) groups excluding carboxylic acids is 1. The van der Waals surface area contributed by atoms with E-state index >= 15 is 0 Å². The van der Waals surface area contributed by atoms with E-state index in [2.05, 4.69) is 0 Å². The third kappa shape index (κ3) is 2.21. The van der Waals surface area contributed by atoms with Crippen molar-refractivity contribution in [2.75, 3.05) is 13.6 Å². The topological polar surface area (TPSA) is 76.6 Å². The number of carbonyl (C=O) groups is 1. The van der Waals surface area contributed by atoms with Crippen molar-refractivity contribution < 1.29 is 14.1 Å². The van der Waals surface area contributed by atoms with Crippen molar-refractivity contribution in [3.05, 3.63) is 28.0 Å². The van der Waals surface area contributed by atoms with E-state index in [0.29, 0.717) is 12.5 Å². The van der Waals surface area contributed by atoms with Gasteiger partial charge in [-0.05, 0) is 24.8 Å². The monoisotopic (exact) mass is 224 g/mol. The van der Waals surface area contributed by atoms with E-state index in [1.54, 1.807) is 11.9 Å². The molecule has 6 nitrogen and oxygen atoms in total. The maximum Gasteiger partial charge on any atom is 0.433 e. The van der Waals surface area contributed by atoms with Gasteiger partial charge in [-0.3, -0.25) is 14.9 Å². The second-order valence-corrected chi connectivity index (χ2v) is 4.02. The van der Waals surface area contributed by atoms with Crippen molar-refractivity contribution in [1.29, 1.82) is 0 Å². The standard InChI is InChI=1S/C10H12N2O4/c1-11(6-7-2-3-7)10(13)8-4-5-9(16-8)12(14)15/h4-5,7H,2-3,6H2,1H3. The molecule has 16 heavy (non-hydrogen) atoms. The van der Waals surface area contributed by atoms with Crippen molar-refractivity contribution in [3.63, 3.8) is 0 Å². The van der Waals surface area contributed by atoms with Gasteiger partial charge in [-0.2, -0.15) is 0 Å². The van der Waals surface area contributed by atoms with Crippen LogP contribution in [0, 0.1) is 16.0 Å². The van der Waals surface area contributed by atoms with E-state index in [4.69, 9.17) is 4.42 Å². The van der Waals surface area contributed by atoms with Gasteiger partial charge in [0.1, 0.15) is 4.92 Å². The molecule has 1 aliphatic rings. The quantitative estimate of drug-likeness (QED) is 0.575. The molecule has 0 aromatic carbocycles. The summed E-state index contributed by atoms with van der Waals surface area (Å²) in [6, 6.07) is 2.53. The highest BCUT2D eigenvalue weighted by Gasteiger charge is 2.27. The average molecular weight is 224 g/mol. The summed E-state index contributed by atoms with van der Waals surface area (Å²) >= 11 is 0. The summed E-state index contributed by atoms with van der Waals surface area (Å²) in [5, 5.41) is 10.4. The molecule has 0 aliphatic heterocycles. The molecule has 0 saturated heterocycles. The molecule has 1 saturated carbocycles. The number of hydrogen-bond acceptors (Lipinski definition) is 4. The molecule has 2 rings (SSSR count). The summed E-state index contributed by atoms with van der Waals surface area (Å²) in [6.07, 6.45) is 2.30. The van der Waals surface area contributed by atoms with Gasteiger partial charge in [0.2, 0.25) is 0 Å². The summed E-state index contributed by atoms with van der Waals surface area (Å²) in [5.74, 6) is -0.100. The second-order valence-electron chi connectivity index (χ2n) is 4.02. The van der Waals surface area contributed by atoms with Gasteiger partial charge in [0.15, 0.2) is 5.76 Å². The van der Waals surface area contributed by atoms with E-state index in [9.17, 15) is 14.9 Å². The van der Waals surface area contributed by atoms with Crippen LogP contribution >= 0.6 is 0 Å². The van der Waals surface area contributed by atoms with Crippen LogP contribution in [0.15, 0.2) is 16.5 Å². The Morgan fingerprint density at radius 2 is 2.31 bits per heavy atom. The first-order valence-corrected chi connectivity index (χ1v) is 5.07. The van der Waals surface area contributed by atoms with E-state index in [1.807, 2.05) is 0 Å². The fourth-order valence-corrected chi connectivity index (χ4v) is 1.50. The van der Waals surface area contributed by atoms with Crippen molar-refractivity contribution in [2.45, 2.75) is 12.8 Å². The van der Waals surface area contributed by atoms with E-state index < -0.39 is 10.8 Å². The predicted octanol–water partition coefficient (Wildman–Crippen LogP) is 1.67. The third-order valence-electron chi connectivity index (χ3n) is 2.56. The fourth-order valence-electron chi connectivity index (χ4n) is 1.50. The normalized spacial score (nSPS) is 14.8. The van der Waals surface area contributed by atoms with Crippen molar-refractivity contribution in [1.82, 2.24) is 4.90 Å². The van der Waals surface area contributed by atoms with Crippen molar-refractivity contribution >= 4 is 11.8 Å². The summed E-state index contributed by atoms with van der Waals surface area (Å²) in [7, 11) is 1.68. The van der Waals surface area contributed by atoms with Crippen LogP contribution in [-0.4, -0.2) is 29.3 Å². The molecule has 0 unspecified atom stereocenters. The first kappa shape index (κ1) is 10.7. The Bertz CT molecular complexity index is 422. The van der Waals surface area contributed by atoms with Crippen LogP contribution in [0.3, 0.4) is 0 Å². The van der Waals surface area contributed by atoms with Crippen LogP contribution in [0.25, 0.3) is 0 Å². The van der Waals surface area contributed by atoms with Crippen LogP contribution < -0.4 is 0 Å². The van der Waals surface area contributed by atoms with Gasteiger partial charge < -0.3 is 9.32 Å². The zero-order valence-corrected chi connectivity index (χ0v) is 8.88. The predicted molar refractivity (Wildman–Crippen MR) is 55.0 cm³/mol. The van der Waals surface area contributed by atoms with Gasteiger partial charge in [0.25, 0.3) is 5.91 Å². The van der Waals surface area contributed by atoms with Crippen LogP contribution in [0.1, 0.15) is 23.4 Å².